The molecule has 6 heteroatoms. The van der Waals surface area contributed by atoms with E-state index in [1.807, 2.05) is 0 Å². The standard InChI is InChI=1S/C12H22O4Si2/c1-13-11(14-2)17-9-5-7-10(8-6-9)18-12(15-3)16-4/h5-8,11-12H,17-18H2,1-4H3. The predicted molar refractivity (Wildman–Crippen MR) is 78.4 cm³/mol. The fourth-order valence-electron chi connectivity index (χ4n) is 1.72. The molecular formula is C12H22O4Si2. The van der Waals surface area contributed by atoms with Gasteiger partial charge in [-0.1, -0.05) is 34.6 Å². The third-order valence-corrected chi connectivity index (χ3v) is 6.76. The molecule has 0 bridgehead atoms. The lowest BCUT2D eigenvalue weighted by molar-refractivity contribution is -0.0431. The van der Waals surface area contributed by atoms with Crippen LogP contribution in [0.5, 0.6) is 0 Å². The van der Waals surface area contributed by atoms with E-state index >= 15 is 0 Å². The molecule has 0 atom stereocenters. The summed E-state index contributed by atoms with van der Waals surface area (Å²) in [5, 5.41) is 2.68. The van der Waals surface area contributed by atoms with Crippen LogP contribution < -0.4 is 10.4 Å². The molecule has 0 unspecified atom stereocenters. The molecule has 0 N–H and O–H groups in total. The number of rotatable bonds is 8. The average Bonchev–Trinajstić information content (AvgIpc) is 2.43. The van der Waals surface area contributed by atoms with Crippen molar-refractivity contribution in [2.24, 2.45) is 0 Å². The average molecular weight is 286 g/mol. The van der Waals surface area contributed by atoms with Gasteiger partial charge in [-0.05, 0) is 0 Å². The minimum atomic E-state index is -0.542. The number of methoxy groups -OCH3 is 4. The number of ether oxygens (including phenoxy) is 4. The Balaban J connectivity index is 2.56. The Bertz CT molecular complexity index is 290. The van der Waals surface area contributed by atoms with Crippen LogP contribution in [0, 0.1) is 0 Å². The number of hydrogen-bond acceptors (Lipinski definition) is 4. The van der Waals surface area contributed by atoms with E-state index in [0.717, 1.165) is 0 Å². The van der Waals surface area contributed by atoms with E-state index in [0.29, 0.717) is 0 Å². The summed E-state index contributed by atoms with van der Waals surface area (Å²) in [6.07, 6.45) is 0. The molecule has 0 aromatic heterocycles. The van der Waals surface area contributed by atoms with Crippen molar-refractivity contribution >= 4 is 29.4 Å². The monoisotopic (exact) mass is 286 g/mol. The van der Waals surface area contributed by atoms with E-state index in [9.17, 15) is 0 Å². The summed E-state index contributed by atoms with van der Waals surface area (Å²) in [6, 6.07) is 8.67. The normalized spacial score (nSPS) is 12.8. The summed E-state index contributed by atoms with van der Waals surface area (Å²) < 4.78 is 21.0. The van der Waals surface area contributed by atoms with Crippen LogP contribution in [0.3, 0.4) is 0 Å². The Labute approximate surface area is 113 Å². The maximum atomic E-state index is 5.24. The first-order chi connectivity index (χ1) is 8.73. The van der Waals surface area contributed by atoms with Crippen molar-refractivity contribution < 1.29 is 18.9 Å². The van der Waals surface area contributed by atoms with Gasteiger partial charge in [0.05, 0.1) is 0 Å². The molecule has 18 heavy (non-hydrogen) atoms. The van der Waals surface area contributed by atoms with Gasteiger partial charge in [-0.15, -0.1) is 0 Å². The van der Waals surface area contributed by atoms with Crippen molar-refractivity contribution in [3.05, 3.63) is 24.3 Å². The van der Waals surface area contributed by atoms with E-state index in [2.05, 4.69) is 24.3 Å². The zero-order valence-electron chi connectivity index (χ0n) is 11.5. The van der Waals surface area contributed by atoms with Crippen molar-refractivity contribution in [2.75, 3.05) is 28.4 Å². The molecule has 102 valence electrons. The molecule has 0 amide bonds. The van der Waals surface area contributed by atoms with Gasteiger partial charge in [0.1, 0.15) is 30.9 Å². The minimum Gasteiger partial charge on any atom is -0.360 e. The number of hydrogen-bond donors (Lipinski definition) is 0. The molecule has 0 heterocycles. The minimum absolute atomic E-state index is 0.0428. The van der Waals surface area contributed by atoms with Crippen LogP contribution in [-0.4, -0.2) is 59.3 Å². The lowest BCUT2D eigenvalue weighted by atomic mass is 10.4. The molecule has 0 spiro atoms. The third kappa shape index (κ3) is 5.01. The van der Waals surface area contributed by atoms with E-state index in [1.165, 1.54) is 10.4 Å². The maximum Gasteiger partial charge on any atom is 0.139 e. The third-order valence-electron chi connectivity index (χ3n) is 2.88. The van der Waals surface area contributed by atoms with Crippen LogP contribution in [0.15, 0.2) is 24.3 Å². The zero-order chi connectivity index (χ0) is 13.4. The molecule has 0 radical (unpaired) electrons. The summed E-state index contributed by atoms with van der Waals surface area (Å²) in [4.78, 5) is 0. The van der Waals surface area contributed by atoms with E-state index in [-0.39, 0.29) is 11.8 Å². The Morgan fingerprint density at radius 3 is 1.17 bits per heavy atom. The highest BCUT2D eigenvalue weighted by Gasteiger charge is 2.10. The summed E-state index contributed by atoms with van der Waals surface area (Å²) >= 11 is 0. The van der Waals surface area contributed by atoms with Crippen LogP contribution in [0.4, 0.5) is 0 Å². The van der Waals surface area contributed by atoms with Crippen LogP contribution in [0.2, 0.25) is 0 Å². The molecule has 1 aromatic rings. The van der Waals surface area contributed by atoms with Crippen LogP contribution >= 0.6 is 0 Å². The highest BCUT2D eigenvalue weighted by atomic mass is 28.2. The second-order valence-electron chi connectivity index (χ2n) is 4.03. The van der Waals surface area contributed by atoms with E-state index in [4.69, 9.17) is 18.9 Å². The molecule has 4 nitrogen and oxygen atoms in total. The fraction of sp³-hybridized carbons (Fsp3) is 0.500. The summed E-state index contributed by atoms with van der Waals surface area (Å²) in [7, 11) is 5.65. The summed E-state index contributed by atoms with van der Waals surface area (Å²) in [5.41, 5.74) is 0. The predicted octanol–water partition coefficient (Wildman–Crippen LogP) is -1.57. The largest absolute Gasteiger partial charge is 0.360 e. The quantitative estimate of drug-likeness (QED) is 0.427. The Kier molecular flexibility index (Phi) is 7.40. The molecule has 0 fully saturated rings. The molecular weight excluding hydrogens is 264 g/mol. The lowest BCUT2D eigenvalue weighted by Crippen LogP contribution is -2.34. The molecule has 0 aliphatic carbocycles. The van der Waals surface area contributed by atoms with E-state index in [1.54, 1.807) is 28.4 Å². The Morgan fingerprint density at radius 1 is 0.667 bits per heavy atom. The second kappa shape index (κ2) is 8.57. The van der Waals surface area contributed by atoms with E-state index < -0.39 is 19.0 Å². The van der Waals surface area contributed by atoms with Crippen LogP contribution in [0.1, 0.15) is 0 Å². The molecule has 0 aliphatic rings. The molecule has 1 rings (SSSR count). The highest BCUT2D eigenvalue weighted by molar-refractivity contribution is 6.56. The Hall–Kier alpha value is -0.506. The topological polar surface area (TPSA) is 36.9 Å². The highest BCUT2D eigenvalue weighted by Crippen LogP contribution is 1.92. The van der Waals surface area contributed by atoms with Crippen molar-refractivity contribution in [3.63, 3.8) is 0 Å². The first kappa shape index (κ1) is 15.6. The van der Waals surface area contributed by atoms with Gasteiger partial charge in [0.15, 0.2) is 0 Å². The summed E-state index contributed by atoms with van der Waals surface area (Å²) in [5.74, 6) is -0.0856. The van der Waals surface area contributed by atoms with Gasteiger partial charge >= 0.3 is 0 Å². The lowest BCUT2D eigenvalue weighted by Gasteiger charge is -2.14. The van der Waals surface area contributed by atoms with Crippen molar-refractivity contribution in [3.8, 4) is 0 Å². The van der Waals surface area contributed by atoms with Gasteiger partial charge in [-0.3, -0.25) is 0 Å². The molecule has 1 aromatic carbocycles. The van der Waals surface area contributed by atoms with Crippen molar-refractivity contribution in [1.29, 1.82) is 0 Å². The van der Waals surface area contributed by atoms with Crippen molar-refractivity contribution in [1.82, 2.24) is 0 Å². The fourth-order valence-corrected chi connectivity index (χ4v) is 4.17. The second-order valence-corrected chi connectivity index (χ2v) is 7.81. The first-order valence-corrected chi connectivity index (χ1v) is 8.97. The molecule has 0 saturated heterocycles. The van der Waals surface area contributed by atoms with Gasteiger partial charge in [-0.2, -0.15) is 0 Å². The Morgan fingerprint density at radius 2 is 0.944 bits per heavy atom. The SMILES string of the molecule is COC(OC)[SiH2]c1ccc([SiH2]C(OC)OC)cc1. The smallest absolute Gasteiger partial charge is 0.139 e. The molecule has 0 aliphatic heterocycles. The maximum absolute atomic E-state index is 5.24. The van der Waals surface area contributed by atoms with Gasteiger partial charge < -0.3 is 18.9 Å². The van der Waals surface area contributed by atoms with Crippen LogP contribution in [-0.2, 0) is 18.9 Å². The van der Waals surface area contributed by atoms with Crippen LogP contribution in [0.25, 0.3) is 0 Å². The first-order valence-electron chi connectivity index (χ1n) is 5.92. The van der Waals surface area contributed by atoms with Crippen molar-refractivity contribution in [2.45, 2.75) is 11.8 Å². The molecule has 0 saturated carbocycles. The summed E-state index contributed by atoms with van der Waals surface area (Å²) in [6.45, 7) is 0. The number of benzene rings is 1. The van der Waals surface area contributed by atoms with Gasteiger partial charge in [0.2, 0.25) is 0 Å². The van der Waals surface area contributed by atoms with Gasteiger partial charge in [0, 0.05) is 28.4 Å². The van der Waals surface area contributed by atoms with Gasteiger partial charge in [-0.25, -0.2) is 0 Å². The zero-order valence-corrected chi connectivity index (χ0v) is 14.3. The van der Waals surface area contributed by atoms with Gasteiger partial charge in [0.25, 0.3) is 0 Å².